The molecule has 1 aromatic carbocycles. The number of aliphatic carboxylic acids is 1. The number of ether oxygens (including phenoxy) is 3. The summed E-state index contributed by atoms with van der Waals surface area (Å²) >= 11 is 0. The summed E-state index contributed by atoms with van der Waals surface area (Å²) in [4.78, 5) is 31.7. The topological polar surface area (TPSA) is 212 Å². The summed E-state index contributed by atoms with van der Waals surface area (Å²) in [6.07, 6.45) is -6.71. The predicted molar refractivity (Wildman–Crippen MR) is 137 cm³/mol. The van der Waals surface area contributed by atoms with Gasteiger partial charge in [-0.1, -0.05) is 24.3 Å². The van der Waals surface area contributed by atoms with Crippen LogP contribution in [0.3, 0.4) is 0 Å². The van der Waals surface area contributed by atoms with Crippen LogP contribution in [0.5, 0.6) is 0 Å². The number of benzene rings is 1. The second-order valence-corrected chi connectivity index (χ2v) is 9.69. The molecule has 212 valence electrons. The highest BCUT2D eigenvalue weighted by Gasteiger charge is 2.47. The van der Waals surface area contributed by atoms with E-state index < -0.39 is 67.4 Å². The van der Waals surface area contributed by atoms with Gasteiger partial charge in [-0.2, -0.15) is 0 Å². The summed E-state index contributed by atoms with van der Waals surface area (Å²) < 4.78 is 16.8. The van der Waals surface area contributed by atoms with Crippen molar-refractivity contribution in [2.45, 2.75) is 43.4 Å². The number of carboxylic acid groups (broad SMARTS) is 2. The number of aliphatic hydroxyl groups excluding tert-OH is 4. The molecule has 0 saturated carbocycles. The second kappa shape index (κ2) is 11.0. The van der Waals surface area contributed by atoms with Crippen LogP contribution in [0.4, 0.5) is 0 Å². The number of para-hydroxylation sites is 1. The molecule has 13 heteroatoms. The lowest BCUT2D eigenvalue weighted by atomic mass is 9.80. The van der Waals surface area contributed by atoms with Gasteiger partial charge in [0.15, 0.2) is 6.29 Å². The van der Waals surface area contributed by atoms with Gasteiger partial charge in [-0.05, 0) is 18.6 Å². The maximum absolute atomic E-state index is 12.2. The van der Waals surface area contributed by atoms with Crippen molar-refractivity contribution in [3.63, 3.8) is 0 Å². The molecule has 3 aromatic rings. The summed E-state index contributed by atoms with van der Waals surface area (Å²) in [6, 6.07) is 8.74. The monoisotopic (exact) mass is 556 g/mol. The lowest BCUT2D eigenvalue weighted by Gasteiger charge is -2.43. The molecule has 2 aromatic heterocycles. The maximum atomic E-state index is 12.2. The van der Waals surface area contributed by atoms with E-state index in [0.29, 0.717) is 16.6 Å². The van der Waals surface area contributed by atoms with E-state index in [4.69, 9.17) is 14.2 Å². The number of pyridine rings is 1. The Labute approximate surface area is 226 Å². The zero-order chi connectivity index (χ0) is 28.7. The molecule has 0 unspecified atom stereocenters. The molecular weight excluding hydrogens is 528 g/mol. The van der Waals surface area contributed by atoms with Crippen molar-refractivity contribution in [3.05, 3.63) is 66.2 Å². The Hall–Kier alpha value is -3.85. The SMILES string of the molecule is C=C[C@H]1[C@H](O[C@@H]2O[C@H](CO)[C@@H](O)[C@H](O)[C@H]2O)OC=C(C(=O)O)[C@H]1Cc1nc(C(=O)O)cc2c1[nH]c1ccccc12. The highest BCUT2D eigenvalue weighted by molar-refractivity contribution is 6.09. The summed E-state index contributed by atoms with van der Waals surface area (Å²) in [7, 11) is 0. The molecule has 1 saturated heterocycles. The second-order valence-electron chi connectivity index (χ2n) is 9.69. The highest BCUT2D eigenvalue weighted by Crippen LogP contribution is 2.38. The van der Waals surface area contributed by atoms with Gasteiger partial charge < -0.3 is 49.8 Å². The van der Waals surface area contributed by atoms with E-state index in [9.17, 15) is 40.2 Å². The normalized spacial score (nSPS) is 30.6. The largest absolute Gasteiger partial charge is 0.478 e. The van der Waals surface area contributed by atoms with Crippen molar-refractivity contribution in [2.75, 3.05) is 6.61 Å². The van der Waals surface area contributed by atoms with Gasteiger partial charge in [-0.15, -0.1) is 6.58 Å². The first-order chi connectivity index (χ1) is 19.1. The van der Waals surface area contributed by atoms with Gasteiger partial charge >= 0.3 is 11.9 Å². The van der Waals surface area contributed by atoms with Crippen LogP contribution in [0.25, 0.3) is 21.8 Å². The van der Waals surface area contributed by atoms with Crippen molar-refractivity contribution in [1.29, 1.82) is 0 Å². The van der Waals surface area contributed by atoms with Gasteiger partial charge in [0.25, 0.3) is 0 Å². The summed E-state index contributed by atoms with van der Waals surface area (Å²) in [5, 5.41) is 61.1. The molecule has 2 aliphatic heterocycles. The lowest BCUT2D eigenvalue weighted by molar-refractivity contribution is -0.339. The summed E-state index contributed by atoms with van der Waals surface area (Å²) in [5.74, 6) is -4.30. The number of rotatable bonds is 8. The zero-order valence-electron chi connectivity index (χ0n) is 21.0. The third-order valence-corrected chi connectivity index (χ3v) is 7.35. The molecule has 0 amide bonds. The van der Waals surface area contributed by atoms with Crippen LogP contribution in [0, 0.1) is 11.8 Å². The first-order valence-corrected chi connectivity index (χ1v) is 12.5. The first-order valence-electron chi connectivity index (χ1n) is 12.5. The Kier molecular flexibility index (Phi) is 7.59. The van der Waals surface area contributed by atoms with Crippen molar-refractivity contribution in [3.8, 4) is 0 Å². The smallest absolute Gasteiger partial charge is 0.354 e. The van der Waals surface area contributed by atoms with Crippen LogP contribution in [-0.4, -0.2) is 96.1 Å². The minimum absolute atomic E-state index is 0.0584. The van der Waals surface area contributed by atoms with E-state index in [2.05, 4.69) is 16.5 Å². The van der Waals surface area contributed by atoms with Crippen LogP contribution in [0.2, 0.25) is 0 Å². The fourth-order valence-corrected chi connectivity index (χ4v) is 5.26. The Morgan fingerprint density at radius 3 is 2.48 bits per heavy atom. The quantitative estimate of drug-likeness (QED) is 0.189. The molecule has 7 N–H and O–H groups in total. The molecule has 5 rings (SSSR count). The van der Waals surface area contributed by atoms with E-state index in [1.54, 1.807) is 0 Å². The van der Waals surface area contributed by atoms with E-state index in [1.165, 1.54) is 12.1 Å². The van der Waals surface area contributed by atoms with Gasteiger partial charge in [0.2, 0.25) is 6.29 Å². The van der Waals surface area contributed by atoms with Crippen LogP contribution in [-0.2, 0) is 25.4 Å². The van der Waals surface area contributed by atoms with Crippen molar-refractivity contribution >= 4 is 33.7 Å². The molecule has 0 spiro atoms. The number of nitrogens with one attached hydrogen (secondary N) is 1. The van der Waals surface area contributed by atoms with Gasteiger partial charge in [-0.3, -0.25) is 0 Å². The maximum Gasteiger partial charge on any atom is 0.354 e. The van der Waals surface area contributed by atoms with Gasteiger partial charge in [0.05, 0.1) is 29.7 Å². The molecule has 8 atom stereocenters. The number of aliphatic hydroxyl groups is 4. The van der Waals surface area contributed by atoms with Crippen LogP contribution in [0.15, 0.2) is 54.8 Å². The number of aromatic amines is 1. The van der Waals surface area contributed by atoms with E-state index in [1.807, 2.05) is 24.3 Å². The average Bonchev–Trinajstić information content (AvgIpc) is 3.32. The molecule has 13 nitrogen and oxygen atoms in total. The molecule has 4 heterocycles. The number of carbonyl (C=O) groups is 2. The van der Waals surface area contributed by atoms with E-state index >= 15 is 0 Å². The third kappa shape index (κ3) is 4.83. The molecule has 1 fully saturated rings. The number of nitrogens with zero attached hydrogens (tertiary/aromatic N) is 1. The molecule has 0 bridgehead atoms. The number of hydrogen-bond donors (Lipinski definition) is 7. The van der Waals surface area contributed by atoms with E-state index in [-0.39, 0.29) is 17.7 Å². The standard InChI is InChI=1S/C27H28N2O11/c1-2-11-13(7-17-20-14(8-18(28-17)25(36)37)12-5-3-4-6-16(12)29-20)15(24(34)35)10-38-26(11)40-27-23(33)22(32)21(31)19(9-30)39-27/h2-6,8,10-11,13,19,21-23,26-27,29-33H,1,7,9H2,(H,34,35)(H,36,37)/t11-,13+,19-,21-,22+,23-,26+,27+/m1/s1. The molecule has 0 radical (unpaired) electrons. The van der Waals surface area contributed by atoms with Gasteiger partial charge in [-0.25, -0.2) is 14.6 Å². The Bertz CT molecular complexity index is 1480. The Balaban J connectivity index is 1.52. The number of aromatic carboxylic acids is 1. The Morgan fingerprint density at radius 2 is 1.80 bits per heavy atom. The number of aromatic nitrogens is 2. The molecular formula is C27H28N2O11. The Morgan fingerprint density at radius 1 is 1.05 bits per heavy atom. The number of hydrogen-bond acceptors (Lipinski definition) is 10. The molecule has 40 heavy (non-hydrogen) atoms. The fourth-order valence-electron chi connectivity index (χ4n) is 5.26. The predicted octanol–water partition coefficient (Wildman–Crippen LogP) is 0.517. The van der Waals surface area contributed by atoms with Gasteiger partial charge in [0, 0.05) is 28.1 Å². The minimum Gasteiger partial charge on any atom is -0.478 e. The van der Waals surface area contributed by atoms with Crippen molar-refractivity contribution in [2.24, 2.45) is 11.8 Å². The van der Waals surface area contributed by atoms with Crippen LogP contribution >= 0.6 is 0 Å². The summed E-state index contributed by atoms with van der Waals surface area (Å²) in [6.45, 7) is 3.13. The van der Waals surface area contributed by atoms with Crippen molar-refractivity contribution < 1.29 is 54.4 Å². The van der Waals surface area contributed by atoms with Crippen molar-refractivity contribution in [1.82, 2.24) is 9.97 Å². The lowest BCUT2D eigenvalue weighted by Crippen LogP contribution is -2.60. The van der Waals surface area contributed by atoms with Crippen LogP contribution in [0.1, 0.15) is 16.2 Å². The first kappa shape index (κ1) is 27.7. The molecule has 2 aliphatic rings. The number of carboxylic acids is 2. The van der Waals surface area contributed by atoms with Gasteiger partial charge in [0.1, 0.15) is 30.1 Å². The van der Waals surface area contributed by atoms with E-state index in [0.717, 1.165) is 17.2 Å². The zero-order valence-corrected chi connectivity index (χ0v) is 21.0. The number of H-pyrrole nitrogens is 1. The number of fused-ring (bicyclic) bond motifs is 3. The average molecular weight is 557 g/mol. The summed E-state index contributed by atoms with van der Waals surface area (Å²) in [5.41, 5.74) is 1.21. The highest BCUT2D eigenvalue weighted by atomic mass is 16.8. The third-order valence-electron chi connectivity index (χ3n) is 7.35. The van der Waals surface area contributed by atoms with Crippen LogP contribution < -0.4 is 0 Å². The minimum atomic E-state index is -1.71. The fraction of sp³-hybridized carbons (Fsp3) is 0.370. The molecule has 0 aliphatic carbocycles.